The van der Waals surface area contributed by atoms with E-state index in [-0.39, 0.29) is 11.7 Å². The van der Waals surface area contributed by atoms with Gasteiger partial charge in [-0.2, -0.15) is 0 Å². The van der Waals surface area contributed by atoms with Crippen molar-refractivity contribution in [2.45, 2.75) is 31.7 Å². The number of hydrogen-bond acceptors (Lipinski definition) is 5. The number of rotatable bonds is 6. The minimum Gasteiger partial charge on any atom is -0.409 e. The second kappa shape index (κ2) is 6.41. The van der Waals surface area contributed by atoms with Crippen molar-refractivity contribution in [1.29, 1.82) is 0 Å². The molecule has 0 atom stereocenters. The van der Waals surface area contributed by atoms with E-state index < -0.39 is 5.41 Å². The molecule has 1 amide bonds. The topological polar surface area (TPSA) is 100 Å². The highest BCUT2D eigenvalue weighted by molar-refractivity contribution is 6.06. The van der Waals surface area contributed by atoms with Gasteiger partial charge in [0.2, 0.25) is 5.91 Å². The zero-order valence-electron chi connectivity index (χ0n) is 12.0. The highest BCUT2D eigenvalue weighted by Crippen LogP contribution is 2.31. The van der Waals surface area contributed by atoms with Gasteiger partial charge in [0.1, 0.15) is 5.41 Å². The number of likely N-dealkylation sites (N-methyl/N-ethyl adjacent to an activating group) is 1. The molecule has 20 heavy (non-hydrogen) atoms. The maximum absolute atomic E-state index is 12.4. The summed E-state index contributed by atoms with van der Waals surface area (Å²) in [6.45, 7) is 2.30. The molecule has 1 aliphatic carbocycles. The average molecular weight is 284 g/mol. The summed E-state index contributed by atoms with van der Waals surface area (Å²) in [5.41, 5.74) is 4.82. The fourth-order valence-corrected chi connectivity index (χ4v) is 2.63. The zero-order chi connectivity index (χ0) is 14.6. The molecule has 1 saturated carbocycles. The first kappa shape index (κ1) is 15.1. The molecule has 1 aliphatic heterocycles. The highest BCUT2D eigenvalue weighted by Gasteiger charge is 2.44. The van der Waals surface area contributed by atoms with E-state index >= 15 is 0 Å². The van der Waals surface area contributed by atoms with Crippen molar-refractivity contribution in [2.24, 2.45) is 16.3 Å². The molecule has 0 aromatic carbocycles. The normalized spacial score (nSPS) is 22.8. The average Bonchev–Trinajstić information content (AvgIpc) is 3.31. The molecule has 0 aromatic rings. The van der Waals surface area contributed by atoms with E-state index in [1.54, 1.807) is 0 Å². The van der Waals surface area contributed by atoms with E-state index in [1.165, 1.54) is 12.8 Å². The van der Waals surface area contributed by atoms with E-state index in [0.717, 1.165) is 6.54 Å². The first-order valence-electron chi connectivity index (χ1n) is 7.14. The molecular formula is C13H24N4O3. The van der Waals surface area contributed by atoms with Crippen molar-refractivity contribution in [3.63, 3.8) is 0 Å². The number of oxime groups is 1. The van der Waals surface area contributed by atoms with Crippen molar-refractivity contribution in [3.8, 4) is 0 Å². The summed E-state index contributed by atoms with van der Waals surface area (Å²) in [5, 5.41) is 14.9. The lowest BCUT2D eigenvalue weighted by Crippen LogP contribution is -2.53. The minimum absolute atomic E-state index is 0.0196. The first-order chi connectivity index (χ1) is 9.60. The van der Waals surface area contributed by atoms with Crippen LogP contribution in [0.2, 0.25) is 0 Å². The number of amides is 1. The number of nitrogens with one attached hydrogen (secondary N) is 1. The molecule has 114 valence electrons. The molecule has 0 aromatic heterocycles. The largest absolute Gasteiger partial charge is 0.409 e. The lowest BCUT2D eigenvalue weighted by molar-refractivity contribution is -0.131. The Morgan fingerprint density at radius 2 is 2.15 bits per heavy atom. The molecule has 7 heteroatoms. The Bertz CT molecular complexity index is 376. The Hall–Kier alpha value is -1.34. The number of amidine groups is 1. The highest BCUT2D eigenvalue weighted by atomic mass is 16.5. The predicted molar refractivity (Wildman–Crippen MR) is 74.6 cm³/mol. The van der Waals surface area contributed by atoms with Gasteiger partial charge in [-0.15, -0.1) is 0 Å². The van der Waals surface area contributed by atoms with Gasteiger partial charge in [-0.1, -0.05) is 5.16 Å². The number of ether oxygens (including phenoxy) is 1. The van der Waals surface area contributed by atoms with Crippen LogP contribution in [0.5, 0.6) is 0 Å². The van der Waals surface area contributed by atoms with Crippen LogP contribution < -0.4 is 11.1 Å². The third-order valence-corrected chi connectivity index (χ3v) is 4.30. The van der Waals surface area contributed by atoms with Crippen LogP contribution in [0.25, 0.3) is 0 Å². The maximum Gasteiger partial charge on any atom is 0.234 e. The van der Waals surface area contributed by atoms with Crippen LogP contribution in [0.3, 0.4) is 0 Å². The molecule has 0 radical (unpaired) electrons. The van der Waals surface area contributed by atoms with Crippen molar-refractivity contribution in [2.75, 3.05) is 33.4 Å². The third kappa shape index (κ3) is 3.21. The van der Waals surface area contributed by atoms with Crippen LogP contribution in [0, 0.1) is 5.41 Å². The van der Waals surface area contributed by atoms with E-state index in [9.17, 15) is 4.79 Å². The molecule has 7 nitrogen and oxygen atoms in total. The number of carbonyl (C=O) groups excluding carboxylic acids is 1. The Labute approximate surface area is 119 Å². The molecule has 2 rings (SSSR count). The lowest BCUT2D eigenvalue weighted by atomic mass is 9.78. The summed E-state index contributed by atoms with van der Waals surface area (Å²) in [6.07, 6.45) is 3.39. The quantitative estimate of drug-likeness (QED) is 0.270. The lowest BCUT2D eigenvalue weighted by Gasteiger charge is -2.34. The van der Waals surface area contributed by atoms with Crippen LogP contribution in [-0.2, 0) is 9.53 Å². The van der Waals surface area contributed by atoms with Crippen molar-refractivity contribution >= 4 is 11.7 Å². The van der Waals surface area contributed by atoms with Gasteiger partial charge < -0.3 is 25.9 Å². The summed E-state index contributed by atoms with van der Waals surface area (Å²) in [4.78, 5) is 14.7. The third-order valence-electron chi connectivity index (χ3n) is 4.30. The summed E-state index contributed by atoms with van der Waals surface area (Å²) >= 11 is 0. The summed E-state index contributed by atoms with van der Waals surface area (Å²) in [7, 11) is 2.07. The number of hydrogen-bond donors (Lipinski definition) is 3. The Morgan fingerprint density at radius 3 is 2.70 bits per heavy atom. The summed E-state index contributed by atoms with van der Waals surface area (Å²) < 4.78 is 5.27. The molecule has 2 fully saturated rings. The van der Waals surface area contributed by atoms with Gasteiger partial charge in [0.15, 0.2) is 5.84 Å². The SMILES string of the molecule is CN(CCNC(=O)C1(C(N)=NO)CCOCC1)C1CC1. The standard InChI is InChI=1S/C13H24N4O3/c1-17(10-2-3-10)7-6-15-12(18)13(11(14)16-19)4-8-20-9-5-13/h10,19H,2-9H2,1H3,(H2,14,16)(H,15,18). The number of carbonyl (C=O) groups is 1. The molecule has 0 spiro atoms. The Morgan fingerprint density at radius 1 is 1.50 bits per heavy atom. The van der Waals surface area contributed by atoms with Crippen molar-refractivity contribution in [3.05, 3.63) is 0 Å². The van der Waals surface area contributed by atoms with Gasteiger partial charge >= 0.3 is 0 Å². The minimum atomic E-state index is -0.925. The molecular weight excluding hydrogens is 260 g/mol. The molecule has 2 aliphatic rings. The molecule has 0 unspecified atom stereocenters. The molecule has 1 saturated heterocycles. The second-order valence-corrected chi connectivity index (χ2v) is 5.65. The Balaban J connectivity index is 1.89. The van der Waals surface area contributed by atoms with Crippen LogP contribution in [0.1, 0.15) is 25.7 Å². The van der Waals surface area contributed by atoms with Gasteiger partial charge in [-0.3, -0.25) is 4.79 Å². The van der Waals surface area contributed by atoms with Crippen molar-refractivity contribution < 1.29 is 14.7 Å². The van der Waals surface area contributed by atoms with E-state index in [1.807, 2.05) is 0 Å². The van der Waals surface area contributed by atoms with Gasteiger partial charge in [-0.25, -0.2) is 0 Å². The Kier molecular flexibility index (Phi) is 4.82. The van der Waals surface area contributed by atoms with E-state index in [0.29, 0.717) is 38.6 Å². The predicted octanol–water partition coefficient (Wildman–Crippen LogP) is -0.260. The maximum atomic E-state index is 12.4. The molecule has 1 heterocycles. The second-order valence-electron chi connectivity index (χ2n) is 5.65. The van der Waals surface area contributed by atoms with Gasteiger partial charge in [0.05, 0.1) is 0 Å². The van der Waals surface area contributed by atoms with Gasteiger partial charge in [0.25, 0.3) is 0 Å². The molecule has 4 N–H and O–H groups in total. The first-order valence-corrected chi connectivity index (χ1v) is 7.14. The molecule has 0 bridgehead atoms. The van der Waals surface area contributed by atoms with Crippen LogP contribution in [0.15, 0.2) is 5.16 Å². The van der Waals surface area contributed by atoms with E-state index in [4.69, 9.17) is 15.7 Å². The van der Waals surface area contributed by atoms with Crippen LogP contribution in [0.4, 0.5) is 0 Å². The summed E-state index contributed by atoms with van der Waals surface area (Å²) in [6, 6.07) is 0.674. The monoisotopic (exact) mass is 284 g/mol. The van der Waals surface area contributed by atoms with E-state index in [2.05, 4.69) is 22.4 Å². The zero-order valence-corrected chi connectivity index (χ0v) is 12.0. The van der Waals surface area contributed by atoms with Crippen LogP contribution in [-0.4, -0.2) is 61.2 Å². The smallest absolute Gasteiger partial charge is 0.234 e. The fourth-order valence-electron chi connectivity index (χ4n) is 2.63. The van der Waals surface area contributed by atoms with Gasteiger partial charge in [0, 0.05) is 32.3 Å². The van der Waals surface area contributed by atoms with Crippen molar-refractivity contribution in [1.82, 2.24) is 10.2 Å². The van der Waals surface area contributed by atoms with Gasteiger partial charge in [-0.05, 0) is 32.7 Å². The summed E-state index contributed by atoms with van der Waals surface area (Å²) in [5.74, 6) is -0.186. The number of nitrogens with two attached hydrogens (primary N) is 1. The number of nitrogens with zero attached hydrogens (tertiary/aromatic N) is 2. The fraction of sp³-hybridized carbons (Fsp3) is 0.846. The van der Waals surface area contributed by atoms with Crippen LogP contribution >= 0.6 is 0 Å².